The molecule has 0 saturated carbocycles. The van der Waals surface area contributed by atoms with E-state index in [1.807, 2.05) is 17.5 Å². The molecule has 0 saturated heterocycles. The minimum absolute atomic E-state index is 0.0755. The number of nitrogens with one attached hydrogen (secondary N) is 2. The van der Waals surface area contributed by atoms with Crippen LogP contribution in [0.25, 0.3) is 0 Å². The van der Waals surface area contributed by atoms with Crippen molar-refractivity contribution in [3.63, 3.8) is 0 Å². The summed E-state index contributed by atoms with van der Waals surface area (Å²) in [7, 11) is 0. The molecule has 4 nitrogen and oxygen atoms in total. The summed E-state index contributed by atoms with van der Waals surface area (Å²) in [6, 6.07) is 9.10. The molecule has 2 amide bonds. The first-order chi connectivity index (χ1) is 10.1. The van der Waals surface area contributed by atoms with Gasteiger partial charge in [-0.05, 0) is 35.7 Å². The number of benzene rings is 1. The molecule has 110 valence electrons. The standard InChI is InChI=1S/C15H15FN2O2S/c16-12-5-3-11(4-6-12)15(20)18-8-7-17-14(19)10-13-2-1-9-21-13/h1-6,9H,7-8,10H2,(H,17,19)(H,18,20). The van der Waals surface area contributed by atoms with Crippen LogP contribution in [0.4, 0.5) is 4.39 Å². The van der Waals surface area contributed by atoms with Gasteiger partial charge in [0.1, 0.15) is 5.82 Å². The van der Waals surface area contributed by atoms with Gasteiger partial charge in [-0.15, -0.1) is 11.3 Å². The van der Waals surface area contributed by atoms with Gasteiger partial charge in [0.2, 0.25) is 5.91 Å². The zero-order chi connectivity index (χ0) is 15.1. The zero-order valence-electron chi connectivity index (χ0n) is 11.3. The predicted molar refractivity (Wildman–Crippen MR) is 79.8 cm³/mol. The summed E-state index contributed by atoms with van der Waals surface area (Å²) in [5.41, 5.74) is 0.390. The Balaban J connectivity index is 1.66. The second-order valence-corrected chi connectivity index (χ2v) is 5.40. The molecule has 0 unspecified atom stereocenters. The van der Waals surface area contributed by atoms with E-state index in [0.717, 1.165) is 4.88 Å². The molecule has 0 aliphatic rings. The molecule has 0 radical (unpaired) electrons. The number of amides is 2. The van der Waals surface area contributed by atoms with Crippen molar-refractivity contribution in [3.05, 3.63) is 58.0 Å². The first kappa shape index (κ1) is 15.2. The van der Waals surface area contributed by atoms with Crippen molar-refractivity contribution in [2.75, 3.05) is 13.1 Å². The molecule has 6 heteroatoms. The topological polar surface area (TPSA) is 58.2 Å². The van der Waals surface area contributed by atoms with Crippen molar-refractivity contribution >= 4 is 23.2 Å². The fourth-order valence-corrected chi connectivity index (χ4v) is 2.42. The quantitative estimate of drug-likeness (QED) is 0.802. The van der Waals surface area contributed by atoms with E-state index in [-0.39, 0.29) is 17.6 Å². The normalized spacial score (nSPS) is 10.1. The van der Waals surface area contributed by atoms with Gasteiger partial charge in [0.15, 0.2) is 0 Å². The Kier molecular flexibility index (Phi) is 5.45. The van der Waals surface area contributed by atoms with Gasteiger partial charge in [0.05, 0.1) is 6.42 Å². The summed E-state index contributed by atoms with van der Waals surface area (Å²) in [6.07, 6.45) is 0.351. The molecular weight excluding hydrogens is 291 g/mol. The highest BCUT2D eigenvalue weighted by Gasteiger charge is 2.06. The molecule has 2 aromatic rings. The predicted octanol–water partition coefficient (Wildman–Crippen LogP) is 1.98. The third-order valence-electron chi connectivity index (χ3n) is 2.75. The molecule has 1 heterocycles. The Morgan fingerprint density at radius 1 is 1.05 bits per heavy atom. The van der Waals surface area contributed by atoms with Crippen molar-refractivity contribution in [2.45, 2.75) is 6.42 Å². The van der Waals surface area contributed by atoms with Crippen molar-refractivity contribution < 1.29 is 14.0 Å². The van der Waals surface area contributed by atoms with Crippen molar-refractivity contribution in [2.24, 2.45) is 0 Å². The molecule has 2 N–H and O–H groups in total. The minimum Gasteiger partial charge on any atom is -0.354 e. The van der Waals surface area contributed by atoms with Gasteiger partial charge in [-0.1, -0.05) is 6.07 Å². The lowest BCUT2D eigenvalue weighted by Crippen LogP contribution is -2.35. The van der Waals surface area contributed by atoms with Gasteiger partial charge in [-0.2, -0.15) is 0 Å². The number of rotatable bonds is 6. The van der Waals surface area contributed by atoms with Crippen LogP contribution >= 0.6 is 11.3 Å². The van der Waals surface area contributed by atoms with E-state index in [0.29, 0.717) is 25.1 Å². The Bertz CT molecular complexity index is 597. The lowest BCUT2D eigenvalue weighted by molar-refractivity contribution is -0.120. The van der Waals surface area contributed by atoms with Crippen LogP contribution < -0.4 is 10.6 Å². The highest BCUT2D eigenvalue weighted by molar-refractivity contribution is 7.10. The van der Waals surface area contributed by atoms with Crippen LogP contribution in [-0.4, -0.2) is 24.9 Å². The summed E-state index contributed by atoms with van der Waals surface area (Å²) in [5, 5.41) is 7.31. The van der Waals surface area contributed by atoms with Gasteiger partial charge in [-0.25, -0.2) is 4.39 Å². The van der Waals surface area contributed by atoms with Crippen LogP contribution in [0, 0.1) is 5.82 Å². The smallest absolute Gasteiger partial charge is 0.251 e. The Labute approximate surface area is 126 Å². The molecule has 0 bridgehead atoms. The average Bonchev–Trinajstić information content (AvgIpc) is 2.97. The van der Waals surface area contributed by atoms with E-state index < -0.39 is 0 Å². The molecule has 0 fully saturated rings. The van der Waals surface area contributed by atoms with E-state index in [4.69, 9.17) is 0 Å². The fourth-order valence-electron chi connectivity index (χ4n) is 1.72. The van der Waals surface area contributed by atoms with Gasteiger partial charge in [0, 0.05) is 23.5 Å². The maximum atomic E-state index is 12.7. The number of thiophene rings is 1. The number of carbonyl (C=O) groups excluding carboxylic acids is 2. The average molecular weight is 306 g/mol. The number of halogens is 1. The summed E-state index contributed by atoms with van der Waals surface area (Å²) >= 11 is 1.53. The van der Waals surface area contributed by atoms with Gasteiger partial charge < -0.3 is 10.6 Å². The summed E-state index contributed by atoms with van der Waals surface area (Å²) in [5.74, 6) is -0.747. The number of hydrogen-bond acceptors (Lipinski definition) is 3. The SMILES string of the molecule is O=C(Cc1cccs1)NCCNC(=O)c1ccc(F)cc1. The Hall–Kier alpha value is -2.21. The third-order valence-corrected chi connectivity index (χ3v) is 3.63. The lowest BCUT2D eigenvalue weighted by atomic mass is 10.2. The molecule has 1 aromatic heterocycles. The Morgan fingerprint density at radius 2 is 1.76 bits per heavy atom. The zero-order valence-corrected chi connectivity index (χ0v) is 12.1. The van der Waals surface area contributed by atoms with Crippen molar-refractivity contribution in [1.82, 2.24) is 10.6 Å². The van der Waals surface area contributed by atoms with Gasteiger partial charge in [0.25, 0.3) is 5.91 Å². The molecule has 0 aliphatic heterocycles. The van der Waals surface area contributed by atoms with Crippen LogP contribution in [0.2, 0.25) is 0 Å². The highest BCUT2D eigenvalue weighted by Crippen LogP contribution is 2.08. The molecule has 1 aromatic carbocycles. The van der Waals surface area contributed by atoms with Crippen LogP contribution in [0.1, 0.15) is 15.2 Å². The van der Waals surface area contributed by atoms with Crippen molar-refractivity contribution in [3.8, 4) is 0 Å². The maximum absolute atomic E-state index is 12.7. The second-order valence-electron chi connectivity index (χ2n) is 4.37. The molecule has 0 atom stereocenters. The molecule has 0 spiro atoms. The second kappa shape index (κ2) is 7.54. The van der Waals surface area contributed by atoms with Crippen LogP contribution in [0.3, 0.4) is 0 Å². The monoisotopic (exact) mass is 306 g/mol. The largest absolute Gasteiger partial charge is 0.354 e. The lowest BCUT2D eigenvalue weighted by Gasteiger charge is -2.06. The van der Waals surface area contributed by atoms with Crippen LogP contribution in [0.5, 0.6) is 0 Å². The molecule has 0 aliphatic carbocycles. The number of hydrogen-bond donors (Lipinski definition) is 2. The first-order valence-electron chi connectivity index (χ1n) is 6.48. The minimum atomic E-state index is -0.382. The summed E-state index contributed by atoms with van der Waals surface area (Å²) < 4.78 is 12.7. The van der Waals surface area contributed by atoms with Crippen LogP contribution in [-0.2, 0) is 11.2 Å². The van der Waals surface area contributed by atoms with E-state index in [1.54, 1.807) is 0 Å². The molecule has 21 heavy (non-hydrogen) atoms. The number of carbonyl (C=O) groups is 2. The van der Waals surface area contributed by atoms with E-state index in [1.165, 1.54) is 35.6 Å². The van der Waals surface area contributed by atoms with E-state index >= 15 is 0 Å². The highest BCUT2D eigenvalue weighted by atomic mass is 32.1. The van der Waals surface area contributed by atoms with E-state index in [9.17, 15) is 14.0 Å². The van der Waals surface area contributed by atoms with Crippen molar-refractivity contribution in [1.29, 1.82) is 0 Å². The maximum Gasteiger partial charge on any atom is 0.251 e. The summed E-state index contributed by atoms with van der Waals surface area (Å²) in [4.78, 5) is 24.3. The van der Waals surface area contributed by atoms with Crippen LogP contribution in [0.15, 0.2) is 41.8 Å². The Morgan fingerprint density at radius 3 is 2.43 bits per heavy atom. The summed E-state index contributed by atoms with van der Waals surface area (Å²) in [6.45, 7) is 0.684. The first-order valence-corrected chi connectivity index (χ1v) is 7.36. The third kappa shape index (κ3) is 5.00. The van der Waals surface area contributed by atoms with Gasteiger partial charge >= 0.3 is 0 Å². The fraction of sp³-hybridized carbons (Fsp3) is 0.200. The molecular formula is C15H15FN2O2S. The van der Waals surface area contributed by atoms with E-state index in [2.05, 4.69) is 10.6 Å². The van der Waals surface area contributed by atoms with Gasteiger partial charge in [-0.3, -0.25) is 9.59 Å². The molecule has 2 rings (SSSR count).